The maximum atomic E-state index is 13.0. The first-order valence-electron chi connectivity index (χ1n) is 10.4. The van der Waals surface area contributed by atoms with Crippen LogP contribution in [0.2, 0.25) is 0 Å². The van der Waals surface area contributed by atoms with Crippen LogP contribution in [-0.2, 0) is 17.9 Å². The zero-order valence-corrected chi connectivity index (χ0v) is 21.7. The largest absolute Gasteiger partial charge is 0.497 e. The Kier molecular flexibility index (Phi) is 7.84. The van der Waals surface area contributed by atoms with E-state index in [1.165, 1.54) is 23.9 Å². The Bertz CT molecular complexity index is 1330. The van der Waals surface area contributed by atoms with Crippen molar-refractivity contribution in [1.29, 1.82) is 0 Å². The monoisotopic (exact) mass is 570 g/mol. The normalized spacial score (nSPS) is 14.5. The minimum Gasteiger partial charge on any atom is -0.497 e. The molecule has 0 radical (unpaired) electrons. The van der Waals surface area contributed by atoms with Crippen LogP contribution >= 0.6 is 39.9 Å². The van der Waals surface area contributed by atoms with Crippen LogP contribution in [0.25, 0.3) is 6.08 Å². The number of carbonyl (C=O) groups excluding carboxylic acids is 1. The summed E-state index contributed by atoms with van der Waals surface area (Å²) in [6.45, 7) is 0.573. The number of amides is 1. The molecule has 0 unspecified atom stereocenters. The number of hydrogen-bond donors (Lipinski definition) is 0. The van der Waals surface area contributed by atoms with E-state index in [4.69, 9.17) is 21.7 Å². The molecule has 0 N–H and O–H groups in total. The molecule has 3 aromatic carbocycles. The highest BCUT2D eigenvalue weighted by molar-refractivity contribution is 9.10. The number of nitrogens with zero attached hydrogens (tertiary/aromatic N) is 2. The van der Waals surface area contributed by atoms with Gasteiger partial charge in [0.2, 0.25) is 0 Å². The Morgan fingerprint density at radius 3 is 2.57 bits per heavy atom. The van der Waals surface area contributed by atoms with E-state index in [9.17, 15) is 14.9 Å². The molecular weight excluding hydrogens is 552 g/mol. The number of benzene rings is 3. The molecular formula is C25H19BrN2O5S2. The number of ether oxygens (including phenoxy) is 2. The van der Waals surface area contributed by atoms with Gasteiger partial charge in [0.25, 0.3) is 11.6 Å². The fourth-order valence-corrected chi connectivity index (χ4v) is 5.11. The molecule has 1 aliphatic heterocycles. The van der Waals surface area contributed by atoms with Crippen molar-refractivity contribution >= 4 is 61.9 Å². The lowest BCUT2D eigenvalue weighted by molar-refractivity contribution is -0.384. The van der Waals surface area contributed by atoms with E-state index in [1.807, 2.05) is 36.4 Å². The topological polar surface area (TPSA) is 81.9 Å². The van der Waals surface area contributed by atoms with E-state index in [1.54, 1.807) is 36.3 Å². The number of hydrogen-bond acceptors (Lipinski definition) is 7. The first-order chi connectivity index (χ1) is 16.8. The SMILES string of the molecule is COc1ccc(CN2C(=O)C(=Cc3ccc(OCc4cccc([N+](=O)[O-])c4)c(Br)c3)SC2=S)cc1. The second-order valence-electron chi connectivity index (χ2n) is 7.52. The second kappa shape index (κ2) is 11.0. The van der Waals surface area contributed by atoms with Gasteiger partial charge in [-0.2, -0.15) is 0 Å². The van der Waals surface area contributed by atoms with Crippen molar-refractivity contribution in [3.63, 3.8) is 0 Å². The Balaban J connectivity index is 1.43. The number of nitro benzene ring substituents is 1. The molecule has 3 aromatic rings. The molecule has 0 spiro atoms. The van der Waals surface area contributed by atoms with Crippen molar-refractivity contribution < 1.29 is 19.2 Å². The molecule has 7 nitrogen and oxygen atoms in total. The average molecular weight is 571 g/mol. The van der Waals surface area contributed by atoms with Gasteiger partial charge in [-0.25, -0.2) is 0 Å². The van der Waals surface area contributed by atoms with Crippen LogP contribution < -0.4 is 9.47 Å². The van der Waals surface area contributed by atoms with E-state index in [2.05, 4.69) is 15.9 Å². The zero-order valence-electron chi connectivity index (χ0n) is 18.5. The highest BCUT2D eigenvalue weighted by Gasteiger charge is 2.32. The van der Waals surface area contributed by atoms with Crippen LogP contribution in [0, 0.1) is 10.1 Å². The molecule has 1 amide bonds. The summed E-state index contributed by atoms with van der Waals surface area (Å²) in [5.74, 6) is 1.20. The molecule has 0 atom stereocenters. The minimum atomic E-state index is -0.437. The highest BCUT2D eigenvalue weighted by atomic mass is 79.9. The first-order valence-corrected chi connectivity index (χ1v) is 12.4. The van der Waals surface area contributed by atoms with Gasteiger partial charge in [0, 0.05) is 12.1 Å². The van der Waals surface area contributed by atoms with Crippen LogP contribution in [0.5, 0.6) is 11.5 Å². The Labute approximate surface area is 220 Å². The Morgan fingerprint density at radius 2 is 1.89 bits per heavy atom. The van der Waals surface area contributed by atoms with Crippen molar-refractivity contribution in [2.24, 2.45) is 0 Å². The number of thiocarbonyl (C=S) groups is 1. The zero-order chi connectivity index (χ0) is 24.9. The maximum absolute atomic E-state index is 13.0. The third-order valence-corrected chi connectivity index (χ3v) is 7.14. The van der Waals surface area contributed by atoms with Gasteiger partial charge < -0.3 is 9.47 Å². The fourth-order valence-electron chi connectivity index (χ4n) is 3.35. The lowest BCUT2D eigenvalue weighted by Gasteiger charge is -2.14. The van der Waals surface area contributed by atoms with Crippen molar-refractivity contribution in [3.8, 4) is 11.5 Å². The van der Waals surface area contributed by atoms with Gasteiger partial charge in [-0.15, -0.1) is 0 Å². The van der Waals surface area contributed by atoms with Gasteiger partial charge in [0.05, 0.1) is 28.0 Å². The lowest BCUT2D eigenvalue weighted by Crippen LogP contribution is -2.27. The summed E-state index contributed by atoms with van der Waals surface area (Å²) in [6, 6.07) is 19.3. The molecule has 35 heavy (non-hydrogen) atoms. The number of halogens is 1. The fraction of sp³-hybridized carbons (Fsp3) is 0.120. The molecule has 1 aliphatic rings. The summed E-state index contributed by atoms with van der Waals surface area (Å²) in [5, 5.41) is 11.0. The standard InChI is InChI=1S/C25H19BrN2O5S2/c1-32-20-8-5-16(6-9-20)14-27-24(29)23(35-25(27)34)13-17-7-10-22(21(26)12-17)33-15-18-3-2-4-19(11-18)28(30)31/h2-13H,14-15H2,1H3. The van der Waals surface area contributed by atoms with Gasteiger partial charge in [-0.05, 0) is 63.0 Å². The van der Waals surface area contributed by atoms with E-state index in [0.717, 1.165) is 16.9 Å². The van der Waals surface area contributed by atoms with Crippen LogP contribution in [0.15, 0.2) is 76.1 Å². The number of methoxy groups -OCH3 is 1. The molecule has 0 aromatic heterocycles. The Morgan fingerprint density at radius 1 is 1.11 bits per heavy atom. The van der Waals surface area contributed by atoms with Gasteiger partial charge in [-0.3, -0.25) is 19.8 Å². The van der Waals surface area contributed by atoms with Crippen LogP contribution in [0.4, 0.5) is 5.69 Å². The molecule has 1 fully saturated rings. The molecule has 0 saturated carbocycles. The van der Waals surface area contributed by atoms with Crippen molar-refractivity contribution in [1.82, 2.24) is 4.90 Å². The molecule has 178 valence electrons. The number of non-ortho nitro benzene ring substituents is 1. The number of thioether (sulfide) groups is 1. The molecule has 4 rings (SSSR count). The highest BCUT2D eigenvalue weighted by Crippen LogP contribution is 2.35. The maximum Gasteiger partial charge on any atom is 0.269 e. The average Bonchev–Trinajstić information content (AvgIpc) is 3.11. The van der Waals surface area contributed by atoms with Crippen LogP contribution in [-0.4, -0.2) is 27.2 Å². The predicted molar refractivity (Wildman–Crippen MR) is 143 cm³/mol. The molecule has 0 aliphatic carbocycles. The minimum absolute atomic E-state index is 0.0184. The number of rotatable bonds is 8. The lowest BCUT2D eigenvalue weighted by atomic mass is 10.2. The van der Waals surface area contributed by atoms with E-state index >= 15 is 0 Å². The van der Waals surface area contributed by atoms with E-state index in [0.29, 0.717) is 31.6 Å². The summed E-state index contributed by atoms with van der Waals surface area (Å²) < 4.78 is 12.2. The first kappa shape index (κ1) is 24.9. The molecule has 10 heteroatoms. The van der Waals surface area contributed by atoms with E-state index in [-0.39, 0.29) is 18.2 Å². The predicted octanol–water partition coefficient (Wildman–Crippen LogP) is 6.35. The molecule has 1 saturated heterocycles. The molecule has 0 bridgehead atoms. The van der Waals surface area contributed by atoms with Gasteiger partial charge in [0.15, 0.2) is 0 Å². The van der Waals surface area contributed by atoms with E-state index < -0.39 is 4.92 Å². The Hall–Kier alpha value is -3.21. The van der Waals surface area contributed by atoms with Crippen LogP contribution in [0.3, 0.4) is 0 Å². The second-order valence-corrected chi connectivity index (χ2v) is 10.1. The summed E-state index contributed by atoms with van der Waals surface area (Å²) in [4.78, 5) is 25.6. The molecule has 1 heterocycles. The van der Waals surface area contributed by atoms with Crippen LogP contribution in [0.1, 0.15) is 16.7 Å². The summed E-state index contributed by atoms with van der Waals surface area (Å²) in [5.41, 5.74) is 2.47. The summed E-state index contributed by atoms with van der Waals surface area (Å²) in [6.07, 6.45) is 1.79. The third-order valence-electron chi connectivity index (χ3n) is 5.14. The third kappa shape index (κ3) is 6.08. The van der Waals surface area contributed by atoms with Crippen molar-refractivity contribution in [2.75, 3.05) is 7.11 Å². The quantitative estimate of drug-likeness (QED) is 0.135. The van der Waals surface area contributed by atoms with Gasteiger partial charge in [-0.1, -0.05) is 54.3 Å². The van der Waals surface area contributed by atoms with Crippen molar-refractivity contribution in [2.45, 2.75) is 13.2 Å². The van der Waals surface area contributed by atoms with Crippen molar-refractivity contribution in [3.05, 3.63) is 103 Å². The van der Waals surface area contributed by atoms with Gasteiger partial charge >= 0.3 is 0 Å². The summed E-state index contributed by atoms with van der Waals surface area (Å²) >= 11 is 10.2. The smallest absolute Gasteiger partial charge is 0.269 e. The number of carbonyl (C=O) groups is 1. The number of nitro groups is 1. The van der Waals surface area contributed by atoms with Gasteiger partial charge in [0.1, 0.15) is 22.4 Å². The summed E-state index contributed by atoms with van der Waals surface area (Å²) in [7, 11) is 1.61.